The minimum Gasteiger partial charge on any atom is -0.497 e. The molecule has 1 N–H and O–H groups in total. The van der Waals surface area contributed by atoms with Crippen molar-refractivity contribution in [1.82, 2.24) is 9.29 Å². The Balaban J connectivity index is 1.48. The average molecular weight is 490 g/mol. The van der Waals surface area contributed by atoms with Gasteiger partial charge in [0.25, 0.3) is 5.91 Å². The number of hydrogen-bond donors (Lipinski definition) is 1. The Morgan fingerprint density at radius 2 is 1.82 bits per heavy atom. The molecule has 1 aromatic heterocycles. The maximum atomic E-state index is 12.7. The van der Waals surface area contributed by atoms with Gasteiger partial charge in [0.15, 0.2) is 5.13 Å². The van der Waals surface area contributed by atoms with Gasteiger partial charge in [0.05, 0.1) is 38.0 Å². The summed E-state index contributed by atoms with van der Waals surface area (Å²) in [6.45, 7) is 1.37. The summed E-state index contributed by atoms with van der Waals surface area (Å²) in [7, 11) is -0.462. The number of morpholine rings is 1. The van der Waals surface area contributed by atoms with E-state index in [9.17, 15) is 13.2 Å². The van der Waals surface area contributed by atoms with E-state index in [-0.39, 0.29) is 10.8 Å². The first-order valence-electron chi connectivity index (χ1n) is 10.1. The molecule has 1 fully saturated rings. The van der Waals surface area contributed by atoms with Crippen LogP contribution >= 0.6 is 11.3 Å². The summed E-state index contributed by atoms with van der Waals surface area (Å²) in [4.78, 5) is 17.3. The predicted molar refractivity (Wildman–Crippen MR) is 125 cm³/mol. The van der Waals surface area contributed by atoms with Crippen LogP contribution in [0, 0.1) is 0 Å². The highest BCUT2D eigenvalue weighted by molar-refractivity contribution is 7.89. The smallest absolute Gasteiger partial charge is 0.257 e. The number of aromatic nitrogens is 1. The third-order valence-corrected chi connectivity index (χ3v) is 7.80. The van der Waals surface area contributed by atoms with Crippen molar-refractivity contribution in [3.8, 4) is 22.8 Å². The van der Waals surface area contributed by atoms with E-state index in [0.717, 1.165) is 5.56 Å². The van der Waals surface area contributed by atoms with Gasteiger partial charge in [-0.1, -0.05) is 0 Å². The van der Waals surface area contributed by atoms with Gasteiger partial charge in [-0.3, -0.25) is 10.1 Å². The molecule has 2 heterocycles. The molecule has 33 heavy (non-hydrogen) atoms. The SMILES string of the molecule is COc1ccc(OC)c(-c2csc(NC(=O)c3ccc(S(=O)(=O)N4CCOCC4)cc3)n2)c1. The van der Waals surface area contributed by atoms with Crippen molar-refractivity contribution >= 4 is 32.4 Å². The summed E-state index contributed by atoms with van der Waals surface area (Å²) in [5.41, 5.74) is 1.70. The molecule has 1 aliphatic rings. The fourth-order valence-electron chi connectivity index (χ4n) is 3.35. The number of hydrogen-bond acceptors (Lipinski definition) is 8. The number of thiazole rings is 1. The first-order chi connectivity index (χ1) is 15.9. The summed E-state index contributed by atoms with van der Waals surface area (Å²) in [6, 6.07) is 11.2. The average Bonchev–Trinajstić information content (AvgIpc) is 3.32. The van der Waals surface area contributed by atoms with Gasteiger partial charge in [-0.25, -0.2) is 13.4 Å². The highest BCUT2D eigenvalue weighted by atomic mass is 32.2. The fourth-order valence-corrected chi connectivity index (χ4v) is 5.47. The molecule has 1 aliphatic heterocycles. The van der Waals surface area contributed by atoms with E-state index in [1.54, 1.807) is 26.4 Å². The summed E-state index contributed by atoms with van der Waals surface area (Å²) < 4.78 is 42.8. The van der Waals surface area contributed by atoms with E-state index in [2.05, 4.69) is 10.3 Å². The zero-order valence-corrected chi connectivity index (χ0v) is 19.7. The molecule has 0 bridgehead atoms. The Bertz CT molecular complexity index is 1240. The van der Waals surface area contributed by atoms with Gasteiger partial charge in [0, 0.05) is 29.6 Å². The Labute approximate surface area is 196 Å². The van der Waals surface area contributed by atoms with Crippen LogP contribution in [0.5, 0.6) is 11.5 Å². The highest BCUT2D eigenvalue weighted by Crippen LogP contribution is 2.35. The Hall–Kier alpha value is -2.99. The van der Waals surface area contributed by atoms with Crippen molar-refractivity contribution in [1.29, 1.82) is 0 Å². The molecule has 0 atom stereocenters. The van der Waals surface area contributed by atoms with Crippen molar-refractivity contribution in [3.05, 3.63) is 53.4 Å². The van der Waals surface area contributed by atoms with Crippen LogP contribution in [0.4, 0.5) is 5.13 Å². The standard InChI is InChI=1S/C22H23N3O6S2/c1-29-16-5-8-20(30-2)18(13-16)19-14-32-22(23-19)24-21(26)15-3-6-17(7-4-15)33(27,28)25-9-11-31-12-10-25/h3-8,13-14H,9-12H2,1-2H3,(H,23,24,26). The lowest BCUT2D eigenvalue weighted by molar-refractivity contribution is 0.0730. The van der Waals surface area contributed by atoms with Gasteiger partial charge in [-0.15, -0.1) is 11.3 Å². The maximum Gasteiger partial charge on any atom is 0.257 e. The van der Waals surface area contributed by atoms with Gasteiger partial charge in [0.1, 0.15) is 11.5 Å². The fraction of sp³-hybridized carbons (Fsp3) is 0.273. The van der Waals surface area contributed by atoms with Crippen molar-refractivity contribution in [2.24, 2.45) is 0 Å². The zero-order chi connectivity index (χ0) is 23.4. The number of methoxy groups -OCH3 is 2. The third kappa shape index (κ3) is 5.01. The molecular formula is C22H23N3O6S2. The summed E-state index contributed by atoms with van der Waals surface area (Å²) in [6.07, 6.45) is 0. The molecule has 0 saturated carbocycles. The van der Waals surface area contributed by atoms with Gasteiger partial charge in [-0.05, 0) is 42.5 Å². The van der Waals surface area contributed by atoms with Crippen molar-refractivity contribution < 1.29 is 27.4 Å². The molecule has 0 radical (unpaired) electrons. The van der Waals surface area contributed by atoms with Crippen LogP contribution < -0.4 is 14.8 Å². The number of rotatable bonds is 7. The molecule has 0 spiro atoms. The van der Waals surface area contributed by atoms with E-state index in [1.807, 2.05) is 11.4 Å². The number of ether oxygens (including phenoxy) is 3. The van der Waals surface area contributed by atoms with Crippen molar-refractivity contribution in [2.75, 3.05) is 45.8 Å². The molecule has 9 nitrogen and oxygen atoms in total. The van der Waals surface area contributed by atoms with Crippen LogP contribution in [-0.4, -0.2) is 64.1 Å². The summed E-state index contributed by atoms with van der Waals surface area (Å²) in [5, 5.41) is 4.97. The molecule has 174 valence electrons. The predicted octanol–water partition coefficient (Wildman–Crippen LogP) is 3.10. The number of carbonyl (C=O) groups excluding carboxylic acids is 1. The quantitative estimate of drug-likeness (QED) is 0.543. The van der Waals surface area contributed by atoms with Crippen LogP contribution in [0.2, 0.25) is 0 Å². The van der Waals surface area contributed by atoms with Crippen LogP contribution in [0.25, 0.3) is 11.3 Å². The number of nitrogens with zero attached hydrogens (tertiary/aromatic N) is 2. The van der Waals surface area contributed by atoms with Crippen LogP contribution in [0.15, 0.2) is 52.7 Å². The minimum absolute atomic E-state index is 0.141. The van der Waals surface area contributed by atoms with Crippen molar-refractivity contribution in [3.63, 3.8) is 0 Å². The maximum absolute atomic E-state index is 12.7. The number of amides is 1. The number of sulfonamides is 1. The van der Waals surface area contributed by atoms with E-state index < -0.39 is 10.0 Å². The zero-order valence-electron chi connectivity index (χ0n) is 18.1. The van der Waals surface area contributed by atoms with E-state index in [1.165, 1.54) is 39.9 Å². The summed E-state index contributed by atoms with van der Waals surface area (Å²) in [5.74, 6) is 0.913. The summed E-state index contributed by atoms with van der Waals surface area (Å²) >= 11 is 1.27. The second-order valence-electron chi connectivity index (χ2n) is 7.10. The first kappa shape index (κ1) is 23.2. The van der Waals surface area contributed by atoms with Gasteiger partial charge >= 0.3 is 0 Å². The minimum atomic E-state index is -3.61. The van der Waals surface area contributed by atoms with E-state index in [0.29, 0.717) is 54.2 Å². The van der Waals surface area contributed by atoms with Gasteiger partial charge in [0.2, 0.25) is 10.0 Å². The van der Waals surface area contributed by atoms with Crippen LogP contribution in [-0.2, 0) is 14.8 Å². The van der Waals surface area contributed by atoms with E-state index in [4.69, 9.17) is 14.2 Å². The second kappa shape index (κ2) is 9.87. The number of nitrogens with one attached hydrogen (secondary N) is 1. The topological polar surface area (TPSA) is 107 Å². The molecule has 11 heteroatoms. The number of carbonyl (C=O) groups is 1. The molecular weight excluding hydrogens is 466 g/mol. The lowest BCUT2D eigenvalue weighted by atomic mass is 10.1. The van der Waals surface area contributed by atoms with Crippen LogP contribution in [0.3, 0.4) is 0 Å². The molecule has 4 rings (SSSR count). The van der Waals surface area contributed by atoms with Crippen LogP contribution in [0.1, 0.15) is 10.4 Å². The lowest BCUT2D eigenvalue weighted by Gasteiger charge is -2.26. The first-order valence-corrected chi connectivity index (χ1v) is 12.4. The Morgan fingerprint density at radius 3 is 2.48 bits per heavy atom. The number of anilines is 1. The largest absolute Gasteiger partial charge is 0.497 e. The molecule has 1 amide bonds. The van der Waals surface area contributed by atoms with E-state index >= 15 is 0 Å². The molecule has 2 aromatic carbocycles. The molecule has 1 saturated heterocycles. The third-order valence-electron chi connectivity index (χ3n) is 5.13. The second-order valence-corrected chi connectivity index (χ2v) is 9.90. The molecule has 0 aliphatic carbocycles. The lowest BCUT2D eigenvalue weighted by Crippen LogP contribution is -2.40. The monoisotopic (exact) mass is 489 g/mol. The Morgan fingerprint density at radius 1 is 1.09 bits per heavy atom. The van der Waals surface area contributed by atoms with Gasteiger partial charge < -0.3 is 14.2 Å². The highest BCUT2D eigenvalue weighted by Gasteiger charge is 2.26. The van der Waals surface area contributed by atoms with Gasteiger partial charge in [-0.2, -0.15) is 4.31 Å². The molecule has 3 aromatic rings. The number of benzene rings is 2. The normalized spacial score (nSPS) is 14.6. The molecule has 0 unspecified atom stereocenters. The Kier molecular flexibility index (Phi) is 6.94. The van der Waals surface area contributed by atoms with Crippen molar-refractivity contribution in [2.45, 2.75) is 4.90 Å².